The minimum Gasteiger partial charge on any atom is -0.378 e. The molecule has 8 heteroatoms. The van der Waals surface area contributed by atoms with Gasteiger partial charge in [-0.3, -0.25) is 4.98 Å². The molecule has 7 nitrogen and oxygen atoms in total. The molecule has 0 bridgehead atoms. The van der Waals surface area contributed by atoms with E-state index in [1.165, 1.54) is 5.57 Å². The standard InChI is InChI=1S/C24H33N5O2S/c1-5-8-21-19(9-7-11-25-21)20(17-18(3)6-2)23-26-22(10-12-27(23)4)28-13-15-29(16-14-28)24(30)31-32/h7,9-12,17,32H,5-6,8,13-16H2,1-4H3/b18-17?,23-20+. The number of piperazine rings is 1. The van der Waals surface area contributed by atoms with Crippen LogP contribution in [-0.2, 0) is 10.6 Å². The summed E-state index contributed by atoms with van der Waals surface area (Å²) in [6.07, 6.45) is 10.7. The first kappa shape index (κ1) is 23.9. The predicted octanol–water partition coefficient (Wildman–Crippen LogP) is 4.52. The topological polar surface area (TPSA) is 61.3 Å². The van der Waals surface area contributed by atoms with E-state index < -0.39 is 6.09 Å². The van der Waals surface area contributed by atoms with Crippen molar-refractivity contribution in [3.8, 4) is 0 Å². The summed E-state index contributed by atoms with van der Waals surface area (Å²) in [4.78, 5) is 27.4. The predicted molar refractivity (Wildman–Crippen MR) is 132 cm³/mol. The van der Waals surface area contributed by atoms with Gasteiger partial charge in [0.05, 0.1) is 0 Å². The molecular formula is C24H33N5O2S. The quantitative estimate of drug-likeness (QED) is 0.523. The average molecular weight is 456 g/mol. The smallest absolute Gasteiger partial charge is 0.378 e. The Hall–Kier alpha value is -2.74. The Morgan fingerprint density at radius 1 is 1.25 bits per heavy atom. The molecule has 0 atom stereocenters. The van der Waals surface area contributed by atoms with Crippen LogP contribution in [-0.4, -0.2) is 64.8 Å². The summed E-state index contributed by atoms with van der Waals surface area (Å²) in [6.45, 7) is 9.02. The summed E-state index contributed by atoms with van der Waals surface area (Å²) in [5, 5.41) is 0. The van der Waals surface area contributed by atoms with Gasteiger partial charge in [-0.25, -0.2) is 9.79 Å². The summed E-state index contributed by atoms with van der Waals surface area (Å²) in [7, 11) is 2.03. The van der Waals surface area contributed by atoms with Gasteiger partial charge < -0.3 is 18.9 Å². The van der Waals surface area contributed by atoms with Gasteiger partial charge in [0.2, 0.25) is 0 Å². The van der Waals surface area contributed by atoms with Gasteiger partial charge in [-0.1, -0.05) is 38.0 Å². The molecular weight excluding hydrogens is 422 g/mol. The lowest BCUT2D eigenvalue weighted by molar-refractivity contribution is 0.138. The number of hydrogen-bond donors (Lipinski definition) is 1. The molecule has 2 aliphatic heterocycles. The number of pyridine rings is 1. The highest BCUT2D eigenvalue weighted by molar-refractivity contribution is 7.75. The van der Waals surface area contributed by atoms with Crippen LogP contribution in [0.3, 0.4) is 0 Å². The molecule has 1 amide bonds. The Balaban J connectivity index is 2.01. The molecule has 1 saturated heterocycles. The molecule has 3 heterocycles. The zero-order valence-electron chi connectivity index (χ0n) is 19.4. The Bertz CT molecular complexity index is 945. The molecule has 0 radical (unpaired) electrons. The van der Waals surface area contributed by atoms with E-state index >= 15 is 0 Å². The third-order valence-corrected chi connectivity index (χ3v) is 5.95. The highest BCUT2D eigenvalue weighted by Gasteiger charge is 2.25. The molecule has 172 valence electrons. The van der Waals surface area contributed by atoms with Gasteiger partial charge in [-0.05, 0) is 31.9 Å². The van der Waals surface area contributed by atoms with E-state index in [9.17, 15) is 4.79 Å². The zero-order chi connectivity index (χ0) is 23.1. The number of hydrogen-bond acceptors (Lipinski definition) is 7. The SMILES string of the molecule is CCCc1ncccc1/C(C=C(C)CC)=C1\N=C(N2CCN(C(=O)OS)CC2)C=CN1C. The first-order valence-electron chi connectivity index (χ1n) is 11.2. The third kappa shape index (κ3) is 5.54. The molecule has 0 aliphatic carbocycles. The highest BCUT2D eigenvalue weighted by Crippen LogP contribution is 2.29. The van der Waals surface area contributed by atoms with Crippen molar-refractivity contribution >= 4 is 30.4 Å². The molecule has 0 saturated carbocycles. The number of aryl methyl sites for hydroxylation is 1. The van der Waals surface area contributed by atoms with Gasteiger partial charge in [-0.2, -0.15) is 0 Å². The summed E-state index contributed by atoms with van der Waals surface area (Å²) in [6, 6.07) is 4.14. The number of carbonyl (C=O) groups excluding carboxylic acids is 1. The lowest BCUT2D eigenvalue weighted by Crippen LogP contribution is -2.50. The van der Waals surface area contributed by atoms with Crippen molar-refractivity contribution in [3.63, 3.8) is 0 Å². The fraction of sp³-hybridized carbons (Fsp3) is 0.458. The minimum atomic E-state index is -0.406. The molecule has 0 N–H and O–H groups in total. The summed E-state index contributed by atoms with van der Waals surface area (Å²) < 4.78 is 4.55. The monoisotopic (exact) mass is 455 g/mol. The second-order valence-corrected chi connectivity index (χ2v) is 8.24. The van der Waals surface area contributed by atoms with Crippen LogP contribution in [0.4, 0.5) is 4.79 Å². The summed E-state index contributed by atoms with van der Waals surface area (Å²) in [5.41, 5.74) is 4.60. The molecule has 32 heavy (non-hydrogen) atoms. The molecule has 0 unspecified atom stereocenters. The van der Waals surface area contributed by atoms with Gasteiger partial charge in [0.1, 0.15) is 11.7 Å². The van der Waals surface area contributed by atoms with Gasteiger partial charge in [-0.15, -0.1) is 0 Å². The Morgan fingerprint density at radius 3 is 2.66 bits per heavy atom. The maximum absolute atomic E-state index is 11.7. The van der Waals surface area contributed by atoms with E-state index in [4.69, 9.17) is 4.99 Å². The van der Waals surface area contributed by atoms with E-state index in [-0.39, 0.29) is 0 Å². The van der Waals surface area contributed by atoms with Crippen LogP contribution >= 0.6 is 12.9 Å². The maximum Gasteiger partial charge on any atom is 0.421 e. The van der Waals surface area contributed by atoms with E-state index in [1.54, 1.807) is 4.90 Å². The number of aromatic nitrogens is 1. The molecule has 1 aromatic rings. The van der Waals surface area contributed by atoms with E-state index in [1.807, 2.05) is 25.4 Å². The molecule has 0 aromatic carbocycles. The van der Waals surface area contributed by atoms with Gasteiger partial charge in [0.25, 0.3) is 0 Å². The number of aliphatic imine (C=N–C) groups is 1. The van der Waals surface area contributed by atoms with Gasteiger partial charge >= 0.3 is 6.09 Å². The number of amidine groups is 1. The van der Waals surface area contributed by atoms with Crippen LogP contribution in [0.2, 0.25) is 0 Å². The van der Waals surface area contributed by atoms with Crippen molar-refractivity contribution in [3.05, 3.63) is 59.3 Å². The Labute approximate surface area is 196 Å². The van der Waals surface area contributed by atoms with E-state index in [0.29, 0.717) is 26.2 Å². The summed E-state index contributed by atoms with van der Waals surface area (Å²) >= 11 is 3.63. The number of nitrogens with zero attached hydrogens (tertiary/aromatic N) is 5. The normalized spacial score (nSPS) is 18.6. The average Bonchev–Trinajstić information content (AvgIpc) is 2.83. The van der Waals surface area contributed by atoms with Crippen molar-refractivity contribution in [2.75, 3.05) is 33.2 Å². The number of rotatable bonds is 5. The van der Waals surface area contributed by atoms with Crippen LogP contribution < -0.4 is 0 Å². The largest absolute Gasteiger partial charge is 0.421 e. The summed E-state index contributed by atoms with van der Waals surface area (Å²) in [5.74, 6) is 1.80. The molecule has 1 fully saturated rings. The highest BCUT2D eigenvalue weighted by atomic mass is 32.1. The molecule has 0 spiro atoms. The van der Waals surface area contributed by atoms with E-state index in [2.05, 4.69) is 71.0 Å². The lowest BCUT2D eigenvalue weighted by atomic mass is 9.98. The van der Waals surface area contributed by atoms with E-state index in [0.717, 1.165) is 47.7 Å². The van der Waals surface area contributed by atoms with Crippen LogP contribution in [0.1, 0.15) is 44.9 Å². The number of carbonyl (C=O) groups is 1. The maximum atomic E-state index is 11.7. The fourth-order valence-electron chi connectivity index (χ4n) is 3.81. The minimum absolute atomic E-state index is 0.406. The van der Waals surface area contributed by atoms with Crippen molar-refractivity contribution in [2.45, 2.75) is 40.0 Å². The second kappa shape index (κ2) is 11.2. The third-order valence-electron chi connectivity index (χ3n) is 5.80. The fourth-order valence-corrected chi connectivity index (χ4v) is 3.92. The van der Waals surface area contributed by atoms with Crippen molar-refractivity contribution < 1.29 is 8.98 Å². The first-order valence-corrected chi connectivity index (χ1v) is 11.6. The molecule has 3 rings (SSSR count). The number of thiol groups is 1. The lowest BCUT2D eigenvalue weighted by Gasteiger charge is -2.36. The van der Waals surface area contributed by atoms with Crippen LogP contribution in [0, 0.1) is 0 Å². The Morgan fingerprint density at radius 2 is 2.00 bits per heavy atom. The number of amides is 1. The zero-order valence-corrected chi connectivity index (χ0v) is 20.3. The Kier molecular flexibility index (Phi) is 8.39. The van der Waals surface area contributed by atoms with Gasteiger partial charge in [0.15, 0.2) is 0 Å². The van der Waals surface area contributed by atoms with Crippen LogP contribution in [0.15, 0.2) is 53.1 Å². The van der Waals surface area contributed by atoms with Crippen molar-refractivity contribution in [1.29, 1.82) is 0 Å². The molecule has 1 aromatic heterocycles. The molecule has 2 aliphatic rings. The van der Waals surface area contributed by atoms with Crippen molar-refractivity contribution in [2.24, 2.45) is 4.99 Å². The van der Waals surface area contributed by atoms with Crippen LogP contribution in [0.25, 0.3) is 5.57 Å². The van der Waals surface area contributed by atoms with Gasteiger partial charge in [0, 0.05) is 75.4 Å². The first-order chi connectivity index (χ1) is 15.5. The number of allylic oxidation sites excluding steroid dienone is 3. The second-order valence-electron chi connectivity index (χ2n) is 8.06. The van der Waals surface area contributed by atoms with Crippen molar-refractivity contribution in [1.82, 2.24) is 19.7 Å². The van der Waals surface area contributed by atoms with Crippen LogP contribution in [0.5, 0.6) is 0 Å².